The van der Waals surface area contributed by atoms with Gasteiger partial charge in [0.2, 0.25) is 0 Å². The molecule has 0 amide bonds. The van der Waals surface area contributed by atoms with Crippen molar-refractivity contribution < 1.29 is 0 Å². The first-order valence-electron chi connectivity index (χ1n) is 5.07. The van der Waals surface area contributed by atoms with E-state index in [1.165, 1.54) is 11.4 Å². The average molecular weight is 208 g/mol. The summed E-state index contributed by atoms with van der Waals surface area (Å²) in [7, 11) is 3.99. The van der Waals surface area contributed by atoms with Gasteiger partial charge in [0, 0.05) is 38.2 Å². The topological polar surface area (TPSA) is 30.5 Å². The van der Waals surface area contributed by atoms with Crippen LogP contribution in [0.1, 0.15) is 13.8 Å². The van der Waals surface area contributed by atoms with Crippen LogP contribution in [0.15, 0.2) is 35.8 Å². The van der Waals surface area contributed by atoms with Crippen molar-refractivity contribution in [1.82, 2.24) is 20.9 Å². The van der Waals surface area contributed by atoms with Crippen molar-refractivity contribution in [2.45, 2.75) is 13.8 Å². The van der Waals surface area contributed by atoms with Crippen LogP contribution in [0, 0.1) is 0 Å². The minimum atomic E-state index is 1.03. The minimum absolute atomic E-state index is 1.03. The quantitative estimate of drug-likeness (QED) is 0.626. The highest BCUT2D eigenvalue weighted by Gasteiger charge is 2.00. The summed E-state index contributed by atoms with van der Waals surface area (Å²) in [5.41, 5.74) is 8.63. The van der Waals surface area contributed by atoms with Gasteiger partial charge >= 0.3 is 0 Å². The molecule has 0 aromatic carbocycles. The molecule has 2 heterocycles. The zero-order chi connectivity index (χ0) is 11.3. The van der Waals surface area contributed by atoms with Gasteiger partial charge < -0.3 is 10.9 Å². The molecule has 0 aliphatic carbocycles. The Balaban J connectivity index is 0.000000151. The molecule has 4 nitrogen and oxygen atoms in total. The van der Waals surface area contributed by atoms with Gasteiger partial charge in [-0.1, -0.05) is 0 Å². The van der Waals surface area contributed by atoms with E-state index >= 15 is 0 Å². The van der Waals surface area contributed by atoms with Crippen molar-refractivity contribution in [1.29, 1.82) is 0 Å². The summed E-state index contributed by atoms with van der Waals surface area (Å²) >= 11 is 0. The molecule has 0 aromatic rings. The van der Waals surface area contributed by atoms with Crippen molar-refractivity contribution in [2.75, 3.05) is 20.6 Å². The molecule has 2 aliphatic heterocycles. The smallest absolute Gasteiger partial charge is 0.0376 e. The Kier molecular flexibility index (Phi) is 4.24. The Morgan fingerprint density at radius 2 is 1.87 bits per heavy atom. The molecular weight excluding hydrogens is 188 g/mol. The van der Waals surface area contributed by atoms with E-state index in [0.29, 0.717) is 0 Å². The molecule has 4 heteroatoms. The number of nitrogens with one attached hydrogen (secondary N) is 2. The maximum absolute atomic E-state index is 3.11. The van der Waals surface area contributed by atoms with Crippen LogP contribution in [0.3, 0.4) is 0 Å². The third-order valence-corrected chi connectivity index (χ3v) is 2.05. The van der Waals surface area contributed by atoms with Gasteiger partial charge in [0.05, 0.1) is 0 Å². The van der Waals surface area contributed by atoms with Gasteiger partial charge in [-0.05, 0) is 32.1 Å². The molecule has 0 aromatic heterocycles. The summed E-state index contributed by atoms with van der Waals surface area (Å²) in [6.45, 7) is 5.12. The second kappa shape index (κ2) is 5.46. The molecule has 15 heavy (non-hydrogen) atoms. The molecule has 0 saturated carbocycles. The van der Waals surface area contributed by atoms with Crippen LogP contribution >= 0.6 is 0 Å². The lowest BCUT2D eigenvalue weighted by molar-refractivity contribution is 0.322. The number of nitrogens with zero attached hydrogens (tertiary/aromatic N) is 2. The zero-order valence-corrected chi connectivity index (χ0v) is 9.91. The molecule has 0 unspecified atom stereocenters. The van der Waals surface area contributed by atoms with Crippen LogP contribution in [0.2, 0.25) is 0 Å². The molecular formula is C11H20N4. The predicted octanol–water partition coefficient (Wildman–Crippen LogP) is 1.19. The first kappa shape index (κ1) is 11.7. The van der Waals surface area contributed by atoms with Crippen LogP contribution in [-0.2, 0) is 0 Å². The second-order valence-corrected chi connectivity index (χ2v) is 3.79. The third-order valence-electron chi connectivity index (χ3n) is 2.05. The normalized spacial score (nSPS) is 19.6. The van der Waals surface area contributed by atoms with Crippen LogP contribution in [0.4, 0.5) is 0 Å². The van der Waals surface area contributed by atoms with Crippen molar-refractivity contribution in [3.05, 3.63) is 35.8 Å². The lowest BCUT2D eigenvalue weighted by atomic mass is 10.4. The Labute approximate surface area is 91.9 Å². The fraction of sp³-hybridized carbons (Fsp3) is 0.455. The highest BCUT2D eigenvalue weighted by Crippen LogP contribution is 1.96. The van der Waals surface area contributed by atoms with Crippen LogP contribution in [0.5, 0.6) is 0 Å². The van der Waals surface area contributed by atoms with E-state index in [1.54, 1.807) is 0 Å². The molecule has 0 bridgehead atoms. The Morgan fingerprint density at radius 3 is 2.13 bits per heavy atom. The third kappa shape index (κ3) is 4.56. The Morgan fingerprint density at radius 1 is 1.13 bits per heavy atom. The number of likely N-dealkylation sites (N-methyl/N-ethyl adjacent to an activating group) is 1. The van der Waals surface area contributed by atoms with E-state index in [4.69, 9.17) is 0 Å². The summed E-state index contributed by atoms with van der Waals surface area (Å²) in [5.74, 6) is 0. The molecule has 0 fully saturated rings. The van der Waals surface area contributed by atoms with Gasteiger partial charge in [-0.15, -0.1) is 0 Å². The maximum Gasteiger partial charge on any atom is 0.0376 e. The van der Waals surface area contributed by atoms with E-state index < -0.39 is 0 Å². The zero-order valence-electron chi connectivity index (χ0n) is 9.91. The van der Waals surface area contributed by atoms with Gasteiger partial charge in [-0.25, -0.2) is 5.01 Å². The number of hydrogen-bond donors (Lipinski definition) is 2. The summed E-state index contributed by atoms with van der Waals surface area (Å²) in [6, 6.07) is 0. The average Bonchev–Trinajstić information content (AvgIpc) is 2.50. The van der Waals surface area contributed by atoms with E-state index in [0.717, 1.165) is 6.54 Å². The standard InChI is InChI=1S/C6H10N2.C5H10N2/c1-6-4-3-5-8(2)7-6;1-5-3-4-7(2)6-5/h3-5,7H,1-2H3;3,6H,4H2,1-2H3. The van der Waals surface area contributed by atoms with E-state index in [-0.39, 0.29) is 0 Å². The van der Waals surface area contributed by atoms with Crippen molar-refractivity contribution in [3.63, 3.8) is 0 Å². The highest BCUT2D eigenvalue weighted by atomic mass is 15.5. The van der Waals surface area contributed by atoms with Gasteiger partial charge in [-0.3, -0.25) is 5.01 Å². The predicted molar refractivity (Wildman–Crippen MR) is 63.3 cm³/mol. The number of hydrazine groups is 2. The monoisotopic (exact) mass is 208 g/mol. The highest BCUT2D eigenvalue weighted by molar-refractivity contribution is 5.11. The summed E-state index contributed by atoms with van der Waals surface area (Å²) in [6.07, 6.45) is 8.15. The van der Waals surface area contributed by atoms with Gasteiger partial charge in [0.25, 0.3) is 0 Å². The second-order valence-electron chi connectivity index (χ2n) is 3.79. The summed E-state index contributed by atoms with van der Waals surface area (Å²) in [4.78, 5) is 0. The van der Waals surface area contributed by atoms with Crippen LogP contribution in [0.25, 0.3) is 0 Å². The molecule has 2 rings (SSSR count). The molecule has 0 saturated heterocycles. The van der Waals surface area contributed by atoms with Crippen LogP contribution in [-0.4, -0.2) is 30.7 Å². The van der Waals surface area contributed by atoms with Crippen molar-refractivity contribution in [2.24, 2.45) is 0 Å². The van der Waals surface area contributed by atoms with E-state index in [2.05, 4.69) is 23.9 Å². The fourth-order valence-electron chi connectivity index (χ4n) is 1.34. The van der Waals surface area contributed by atoms with Crippen molar-refractivity contribution >= 4 is 0 Å². The van der Waals surface area contributed by atoms with Crippen molar-refractivity contribution in [3.8, 4) is 0 Å². The maximum atomic E-state index is 3.11. The number of rotatable bonds is 0. The fourth-order valence-corrected chi connectivity index (χ4v) is 1.34. The Hall–Kier alpha value is -1.42. The molecule has 84 valence electrons. The van der Waals surface area contributed by atoms with E-state index in [9.17, 15) is 0 Å². The summed E-state index contributed by atoms with van der Waals surface area (Å²) < 4.78 is 0. The first-order chi connectivity index (χ1) is 7.08. The SMILES string of the molecule is CC1=CC=CN(C)N1.CC1=CCN(C)N1. The van der Waals surface area contributed by atoms with Gasteiger partial charge in [0.15, 0.2) is 0 Å². The molecule has 0 spiro atoms. The van der Waals surface area contributed by atoms with E-state index in [1.807, 2.05) is 49.4 Å². The molecule has 0 radical (unpaired) electrons. The van der Waals surface area contributed by atoms with Crippen LogP contribution < -0.4 is 10.9 Å². The Bertz CT molecular complexity index is 291. The van der Waals surface area contributed by atoms with Gasteiger partial charge in [0.1, 0.15) is 0 Å². The first-order valence-corrected chi connectivity index (χ1v) is 5.07. The molecule has 0 atom stereocenters. The summed E-state index contributed by atoms with van der Waals surface area (Å²) in [5, 5.41) is 3.95. The molecule has 2 aliphatic rings. The number of hydrogen-bond acceptors (Lipinski definition) is 4. The largest absolute Gasteiger partial charge is 0.324 e. The lowest BCUT2D eigenvalue weighted by Gasteiger charge is -2.19. The minimum Gasteiger partial charge on any atom is -0.324 e. The lowest BCUT2D eigenvalue weighted by Crippen LogP contribution is -2.29. The molecule has 2 N–H and O–H groups in total. The number of allylic oxidation sites excluding steroid dienone is 4. The van der Waals surface area contributed by atoms with Gasteiger partial charge in [-0.2, -0.15) is 0 Å².